The molecule has 128 valence electrons. The summed E-state index contributed by atoms with van der Waals surface area (Å²) in [4.78, 5) is 36.7. The molecule has 7 nitrogen and oxygen atoms in total. The van der Waals surface area contributed by atoms with Crippen LogP contribution in [0.25, 0.3) is 0 Å². The number of hydrogen-bond acceptors (Lipinski definition) is 4. The van der Waals surface area contributed by atoms with Crippen LogP contribution < -0.4 is 10.2 Å². The van der Waals surface area contributed by atoms with Gasteiger partial charge in [-0.05, 0) is 25.1 Å². The van der Waals surface area contributed by atoms with Crippen molar-refractivity contribution in [3.05, 3.63) is 64.2 Å². The van der Waals surface area contributed by atoms with Gasteiger partial charge in [0, 0.05) is 36.0 Å². The highest BCUT2D eigenvalue weighted by Gasteiger charge is 2.35. The van der Waals surface area contributed by atoms with Crippen LogP contribution in [0.2, 0.25) is 0 Å². The van der Waals surface area contributed by atoms with Crippen LogP contribution in [0.4, 0.5) is 17.1 Å². The van der Waals surface area contributed by atoms with Crippen LogP contribution in [0, 0.1) is 23.0 Å². The Kier molecular flexibility index (Phi) is 4.47. The number of nitro groups is 1. The highest BCUT2D eigenvalue weighted by molar-refractivity contribution is 6.03. The van der Waals surface area contributed by atoms with Gasteiger partial charge in [-0.25, -0.2) is 0 Å². The lowest BCUT2D eigenvalue weighted by Crippen LogP contribution is -2.28. The summed E-state index contributed by atoms with van der Waals surface area (Å²) in [5, 5.41) is 13.7. The minimum atomic E-state index is -0.493. The Labute approximate surface area is 144 Å². The number of amides is 2. The molecule has 1 aliphatic heterocycles. The highest BCUT2D eigenvalue weighted by Crippen LogP contribution is 2.27. The summed E-state index contributed by atoms with van der Waals surface area (Å²) >= 11 is 0. The molecule has 7 heteroatoms. The van der Waals surface area contributed by atoms with Crippen LogP contribution >= 0.6 is 0 Å². The molecule has 0 radical (unpaired) electrons. The predicted molar refractivity (Wildman–Crippen MR) is 93.4 cm³/mol. The molecule has 2 aromatic carbocycles. The first-order valence-corrected chi connectivity index (χ1v) is 7.87. The third kappa shape index (κ3) is 3.50. The maximum Gasteiger partial charge on any atom is 0.274 e. The van der Waals surface area contributed by atoms with E-state index >= 15 is 0 Å². The number of rotatable bonds is 4. The molecular formula is C18H17N3O4. The van der Waals surface area contributed by atoms with Crippen molar-refractivity contribution in [2.45, 2.75) is 13.3 Å². The molecule has 0 saturated carbocycles. The first-order valence-electron chi connectivity index (χ1n) is 7.87. The molecule has 3 rings (SSSR count). The quantitative estimate of drug-likeness (QED) is 0.685. The zero-order valence-electron chi connectivity index (χ0n) is 13.6. The first-order chi connectivity index (χ1) is 12.0. The van der Waals surface area contributed by atoms with E-state index in [9.17, 15) is 19.7 Å². The number of hydrogen-bond donors (Lipinski definition) is 1. The van der Waals surface area contributed by atoms with Gasteiger partial charge in [-0.1, -0.05) is 24.3 Å². The Morgan fingerprint density at radius 1 is 1.24 bits per heavy atom. The molecule has 1 N–H and O–H groups in total. The summed E-state index contributed by atoms with van der Waals surface area (Å²) in [5.74, 6) is -0.917. The van der Waals surface area contributed by atoms with Gasteiger partial charge >= 0.3 is 0 Å². The van der Waals surface area contributed by atoms with Crippen LogP contribution in [-0.4, -0.2) is 23.3 Å². The number of benzene rings is 2. The number of nitrogens with zero attached hydrogens (tertiary/aromatic N) is 2. The summed E-state index contributed by atoms with van der Waals surface area (Å²) in [5.41, 5.74) is 1.59. The van der Waals surface area contributed by atoms with Gasteiger partial charge in [-0.3, -0.25) is 19.7 Å². The second-order valence-electron chi connectivity index (χ2n) is 5.99. The summed E-state index contributed by atoms with van der Waals surface area (Å²) in [6.45, 7) is 1.93. The third-order valence-electron chi connectivity index (χ3n) is 4.24. The molecule has 2 aromatic rings. The Hall–Kier alpha value is -3.22. The number of nitrogens with one attached hydrogen (secondary N) is 1. The molecule has 0 bridgehead atoms. The van der Waals surface area contributed by atoms with E-state index in [4.69, 9.17) is 0 Å². The Bertz CT molecular complexity index is 835. The van der Waals surface area contributed by atoms with Crippen LogP contribution in [0.15, 0.2) is 48.5 Å². The monoisotopic (exact) mass is 339 g/mol. The van der Waals surface area contributed by atoms with Gasteiger partial charge in [0.2, 0.25) is 11.8 Å². The molecule has 0 aromatic heterocycles. The molecule has 0 unspecified atom stereocenters. The zero-order chi connectivity index (χ0) is 18.0. The normalized spacial score (nSPS) is 16.8. The molecule has 1 heterocycles. The van der Waals surface area contributed by atoms with Gasteiger partial charge in [0.1, 0.15) is 0 Å². The van der Waals surface area contributed by atoms with Crippen molar-refractivity contribution in [3.8, 4) is 0 Å². The number of carbonyl (C=O) groups excluding carboxylic acids is 2. The number of aryl methyl sites for hydroxylation is 1. The van der Waals surface area contributed by atoms with Crippen LogP contribution in [0.5, 0.6) is 0 Å². The molecule has 1 aliphatic rings. The van der Waals surface area contributed by atoms with Gasteiger partial charge in [0.15, 0.2) is 0 Å². The number of carbonyl (C=O) groups is 2. The molecule has 1 saturated heterocycles. The maximum absolute atomic E-state index is 12.4. The summed E-state index contributed by atoms with van der Waals surface area (Å²) in [6.07, 6.45) is 0.120. The van der Waals surface area contributed by atoms with Gasteiger partial charge < -0.3 is 10.2 Å². The van der Waals surface area contributed by atoms with Crippen molar-refractivity contribution in [3.63, 3.8) is 0 Å². The van der Waals surface area contributed by atoms with Crippen LogP contribution in [0.3, 0.4) is 0 Å². The molecular weight excluding hydrogens is 322 g/mol. The fraction of sp³-hybridized carbons (Fsp3) is 0.222. The smallest absolute Gasteiger partial charge is 0.274 e. The second-order valence-corrected chi connectivity index (χ2v) is 5.99. The van der Waals surface area contributed by atoms with Crippen molar-refractivity contribution >= 4 is 28.9 Å². The lowest BCUT2D eigenvalue weighted by atomic mass is 10.1. The van der Waals surface area contributed by atoms with E-state index in [2.05, 4.69) is 5.32 Å². The van der Waals surface area contributed by atoms with Gasteiger partial charge in [-0.2, -0.15) is 0 Å². The Morgan fingerprint density at radius 3 is 2.64 bits per heavy atom. The Balaban J connectivity index is 1.71. The standard InChI is InChI=1S/C18H17N3O4/c1-12-7-8-14(10-16(12)21(24)25)19-18(23)13-9-17(22)20(11-13)15-5-3-2-4-6-15/h2-8,10,13H,9,11H2,1H3,(H,19,23)/t13-/m1/s1. The minimum Gasteiger partial charge on any atom is -0.326 e. The number of para-hydroxylation sites is 1. The summed E-state index contributed by atoms with van der Waals surface area (Å²) in [6, 6.07) is 13.7. The van der Waals surface area contributed by atoms with E-state index in [1.54, 1.807) is 24.0 Å². The largest absolute Gasteiger partial charge is 0.326 e. The number of nitro benzene ring substituents is 1. The average Bonchev–Trinajstić information content (AvgIpc) is 2.99. The van der Waals surface area contributed by atoms with Gasteiger partial charge in [-0.15, -0.1) is 0 Å². The van der Waals surface area contributed by atoms with Crippen LogP contribution in [0.1, 0.15) is 12.0 Å². The predicted octanol–water partition coefficient (Wildman–Crippen LogP) is 2.89. The fourth-order valence-corrected chi connectivity index (χ4v) is 2.87. The summed E-state index contributed by atoms with van der Waals surface area (Å²) in [7, 11) is 0. The van der Waals surface area contributed by atoms with Crippen LogP contribution in [-0.2, 0) is 9.59 Å². The molecule has 2 amide bonds. The average molecular weight is 339 g/mol. The molecule has 1 atom stereocenters. The third-order valence-corrected chi connectivity index (χ3v) is 4.24. The lowest BCUT2D eigenvalue weighted by Gasteiger charge is -2.16. The van der Waals surface area contributed by atoms with E-state index in [0.717, 1.165) is 5.69 Å². The zero-order valence-corrected chi connectivity index (χ0v) is 13.6. The SMILES string of the molecule is Cc1ccc(NC(=O)[C@@H]2CC(=O)N(c3ccccc3)C2)cc1[N+](=O)[O-]. The molecule has 0 spiro atoms. The maximum atomic E-state index is 12.4. The molecule has 1 fully saturated rings. The lowest BCUT2D eigenvalue weighted by molar-refractivity contribution is -0.385. The fourth-order valence-electron chi connectivity index (χ4n) is 2.87. The van der Waals surface area contributed by atoms with Crippen molar-refractivity contribution in [1.82, 2.24) is 0 Å². The van der Waals surface area contributed by atoms with Gasteiger partial charge in [0.05, 0.1) is 10.8 Å². The summed E-state index contributed by atoms with van der Waals surface area (Å²) < 4.78 is 0. The van der Waals surface area contributed by atoms with E-state index in [0.29, 0.717) is 17.8 Å². The topological polar surface area (TPSA) is 92.6 Å². The van der Waals surface area contributed by atoms with E-state index < -0.39 is 10.8 Å². The van der Waals surface area contributed by atoms with E-state index in [1.807, 2.05) is 30.3 Å². The highest BCUT2D eigenvalue weighted by atomic mass is 16.6. The van der Waals surface area contributed by atoms with Crippen molar-refractivity contribution in [2.75, 3.05) is 16.8 Å². The van der Waals surface area contributed by atoms with Crippen molar-refractivity contribution in [1.29, 1.82) is 0 Å². The Morgan fingerprint density at radius 2 is 1.96 bits per heavy atom. The van der Waals surface area contributed by atoms with E-state index in [-0.39, 0.29) is 23.9 Å². The molecule has 0 aliphatic carbocycles. The molecule has 25 heavy (non-hydrogen) atoms. The first kappa shape index (κ1) is 16.6. The van der Waals surface area contributed by atoms with Crippen molar-refractivity contribution in [2.24, 2.45) is 5.92 Å². The number of anilines is 2. The van der Waals surface area contributed by atoms with Crippen molar-refractivity contribution < 1.29 is 14.5 Å². The van der Waals surface area contributed by atoms with Gasteiger partial charge in [0.25, 0.3) is 5.69 Å². The second kappa shape index (κ2) is 6.72. The minimum absolute atomic E-state index is 0.0498. The van der Waals surface area contributed by atoms with E-state index in [1.165, 1.54) is 6.07 Å².